The van der Waals surface area contributed by atoms with Gasteiger partial charge in [-0.05, 0) is 42.5 Å². The Labute approximate surface area is 193 Å². The van der Waals surface area contributed by atoms with Crippen molar-refractivity contribution in [1.29, 1.82) is 0 Å². The summed E-state index contributed by atoms with van der Waals surface area (Å²) in [6.45, 7) is -0.838. The minimum atomic E-state index is -0.702. The van der Waals surface area contributed by atoms with E-state index in [9.17, 15) is 14.4 Å². The maximum atomic E-state index is 12.3. The fraction of sp³-hybridized carbons (Fsp3) is 0.0800. The summed E-state index contributed by atoms with van der Waals surface area (Å²) in [5.41, 5.74) is 0.495. The van der Waals surface area contributed by atoms with Crippen molar-refractivity contribution in [1.82, 2.24) is 0 Å². The van der Waals surface area contributed by atoms with Crippen molar-refractivity contribution in [3.8, 4) is 5.75 Å². The number of carbonyl (C=O) groups excluding carboxylic acids is 2. The molecule has 0 aliphatic heterocycles. The average Bonchev–Trinajstić information content (AvgIpc) is 2.83. The van der Waals surface area contributed by atoms with Crippen LogP contribution in [0.1, 0.15) is 0 Å². The highest BCUT2D eigenvalue weighted by atomic mass is 32.2. The highest BCUT2D eigenvalue weighted by Crippen LogP contribution is 2.33. The Hall–Kier alpha value is -4.04. The van der Waals surface area contributed by atoms with Crippen molar-refractivity contribution in [2.24, 2.45) is 0 Å². The van der Waals surface area contributed by atoms with Crippen LogP contribution in [-0.2, 0) is 14.3 Å². The number of nitrogens with one attached hydrogen (secondary N) is 1. The molecule has 4 rings (SSSR count). The molecule has 7 nitrogen and oxygen atoms in total. The maximum absolute atomic E-state index is 12.3. The molecule has 1 amide bonds. The zero-order chi connectivity index (χ0) is 23.0. The normalized spacial score (nSPS) is 10.5. The molecule has 0 aliphatic carbocycles. The third-order valence-electron chi connectivity index (χ3n) is 4.45. The maximum Gasteiger partial charge on any atom is 0.344 e. The van der Waals surface area contributed by atoms with Gasteiger partial charge in [-0.2, -0.15) is 0 Å². The molecule has 1 heterocycles. The first-order chi connectivity index (χ1) is 16.1. The summed E-state index contributed by atoms with van der Waals surface area (Å²) in [6.07, 6.45) is 0. The number of anilines is 1. The van der Waals surface area contributed by atoms with Gasteiger partial charge in [-0.1, -0.05) is 42.1 Å². The van der Waals surface area contributed by atoms with Crippen LogP contribution in [0.25, 0.3) is 11.0 Å². The zero-order valence-corrected chi connectivity index (χ0v) is 18.2. The Bertz CT molecular complexity index is 1340. The number of rotatable bonds is 8. The molecule has 0 atom stereocenters. The van der Waals surface area contributed by atoms with Gasteiger partial charge in [-0.25, -0.2) is 9.59 Å². The molecule has 1 aromatic heterocycles. The number of benzene rings is 3. The number of esters is 1. The van der Waals surface area contributed by atoms with Gasteiger partial charge in [0.25, 0.3) is 5.91 Å². The Morgan fingerprint density at radius 1 is 0.879 bits per heavy atom. The second-order valence-corrected chi connectivity index (χ2v) is 7.98. The fourth-order valence-corrected chi connectivity index (χ4v) is 3.84. The van der Waals surface area contributed by atoms with Crippen LogP contribution in [0.15, 0.2) is 104 Å². The predicted molar refractivity (Wildman–Crippen MR) is 125 cm³/mol. The molecular weight excluding hydrogens is 442 g/mol. The van der Waals surface area contributed by atoms with Crippen LogP contribution < -0.4 is 15.7 Å². The van der Waals surface area contributed by atoms with E-state index in [1.807, 2.05) is 48.5 Å². The molecule has 3 aromatic carbocycles. The fourth-order valence-electron chi connectivity index (χ4n) is 2.92. The number of amides is 1. The lowest BCUT2D eigenvalue weighted by atomic mass is 10.2. The Kier molecular flexibility index (Phi) is 7.06. The van der Waals surface area contributed by atoms with E-state index in [1.54, 1.807) is 24.3 Å². The van der Waals surface area contributed by atoms with Crippen LogP contribution in [0.2, 0.25) is 0 Å². The third-order valence-corrected chi connectivity index (χ3v) is 5.53. The first-order valence-electron chi connectivity index (χ1n) is 10.0. The first-order valence-corrected chi connectivity index (χ1v) is 10.8. The summed E-state index contributed by atoms with van der Waals surface area (Å²) < 4.78 is 15.5. The topological polar surface area (TPSA) is 94.8 Å². The highest BCUT2D eigenvalue weighted by Gasteiger charge is 2.12. The molecule has 1 N–H and O–H groups in total. The zero-order valence-electron chi connectivity index (χ0n) is 17.4. The molecule has 0 spiro atoms. The number of carbonyl (C=O) groups is 2. The molecule has 0 radical (unpaired) electrons. The van der Waals surface area contributed by atoms with E-state index in [2.05, 4.69) is 5.32 Å². The van der Waals surface area contributed by atoms with Crippen LogP contribution in [-0.4, -0.2) is 25.1 Å². The van der Waals surface area contributed by atoms with E-state index in [0.717, 1.165) is 15.2 Å². The first kappa shape index (κ1) is 22.2. The highest BCUT2D eigenvalue weighted by molar-refractivity contribution is 7.99. The van der Waals surface area contributed by atoms with Crippen molar-refractivity contribution in [2.45, 2.75) is 9.79 Å². The minimum absolute atomic E-state index is 0.338. The van der Waals surface area contributed by atoms with E-state index in [0.29, 0.717) is 17.0 Å². The number of hydrogen-bond donors (Lipinski definition) is 1. The lowest BCUT2D eigenvalue weighted by Crippen LogP contribution is -2.23. The summed E-state index contributed by atoms with van der Waals surface area (Å²) >= 11 is 1.52. The van der Waals surface area contributed by atoms with Crippen molar-refractivity contribution in [3.05, 3.63) is 95.3 Å². The number of hydrogen-bond acceptors (Lipinski definition) is 7. The van der Waals surface area contributed by atoms with Crippen molar-refractivity contribution >= 4 is 40.3 Å². The van der Waals surface area contributed by atoms with Gasteiger partial charge in [0.05, 0.1) is 5.69 Å². The van der Waals surface area contributed by atoms with E-state index in [4.69, 9.17) is 13.9 Å². The molecule has 166 valence electrons. The summed E-state index contributed by atoms with van der Waals surface area (Å²) in [5, 5.41) is 3.49. The monoisotopic (exact) mass is 461 g/mol. The molecule has 0 saturated heterocycles. The lowest BCUT2D eigenvalue weighted by Gasteiger charge is -2.11. The summed E-state index contributed by atoms with van der Waals surface area (Å²) in [7, 11) is 0. The van der Waals surface area contributed by atoms with Gasteiger partial charge in [-0.3, -0.25) is 4.79 Å². The average molecular weight is 461 g/mol. The van der Waals surface area contributed by atoms with Gasteiger partial charge in [0.15, 0.2) is 13.2 Å². The van der Waals surface area contributed by atoms with Gasteiger partial charge < -0.3 is 19.2 Å². The molecule has 33 heavy (non-hydrogen) atoms. The van der Waals surface area contributed by atoms with Crippen molar-refractivity contribution in [2.75, 3.05) is 18.5 Å². The Balaban J connectivity index is 1.28. The molecule has 0 fully saturated rings. The van der Waals surface area contributed by atoms with Crippen molar-refractivity contribution < 1.29 is 23.5 Å². The second-order valence-electron chi connectivity index (χ2n) is 6.86. The van der Waals surface area contributed by atoms with Crippen molar-refractivity contribution in [3.63, 3.8) is 0 Å². The number of fused-ring (bicyclic) bond motifs is 1. The van der Waals surface area contributed by atoms with Crippen LogP contribution in [0, 0.1) is 0 Å². The Morgan fingerprint density at radius 3 is 2.48 bits per heavy atom. The minimum Gasteiger partial charge on any atom is -0.482 e. The summed E-state index contributed by atoms with van der Waals surface area (Å²) in [5.74, 6) is -0.825. The van der Waals surface area contributed by atoms with Crippen LogP contribution >= 0.6 is 11.8 Å². The van der Waals surface area contributed by atoms with E-state index >= 15 is 0 Å². The smallest absolute Gasteiger partial charge is 0.344 e. The Morgan fingerprint density at radius 2 is 1.64 bits per heavy atom. The number of ether oxygens (including phenoxy) is 2. The molecule has 0 bridgehead atoms. The van der Waals surface area contributed by atoms with Crippen LogP contribution in [0.4, 0.5) is 5.69 Å². The molecule has 8 heteroatoms. The molecular formula is C25H19NO6S. The third kappa shape index (κ3) is 6.24. The standard InChI is InChI=1S/C25H19NO6S/c27-23(26-20-8-4-5-9-22(20)33-19-6-2-1-3-7-19)15-31-25(29)16-30-18-12-10-17-11-13-24(28)32-21(17)14-18/h1-14H,15-16H2,(H,26,27). The van der Waals surface area contributed by atoms with E-state index in [1.165, 1.54) is 23.9 Å². The van der Waals surface area contributed by atoms with Gasteiger partial charge in [-0.15, -0.1) is 0 Å². The van der Waals surface area contributed by atoms with Gasteiger partial charge >= 0.3 is 11.6 Å². The quantitative estimate of drug-likeness (QED) is 0.305. The van der Waals surface area contributed by atoms with Gasteiger partial charge in [0, 0.05) is 27.3 Å². The molecule has 4 aromatic rings. The lowest BCUT2D eigenvalue weighted by molar-refractivity contribution is -0.149. The predicted octanol–water partition coefficient (Wildman–Crippen LogP) is 4.50. The summed E-state index contributed by atoms with van der Waals surface area (Å²) in [6, 6.07) is 25.0. The molecule has 0 saturated carbocycles. The second kappa shape index (κ2) is 10.5. The van der Waals surface area contributed by atoms with Crippen LogP contribution in [0.5, 0.6) is 5.75 Å². The van der Waals surface area contributed by atoms with Gasteiger partial charge in [0.2, 0.25) is 0 Å². The number of para-hydroxylation sites is 1. The largest absolute Gasteiger partial charge is 0.482 e. The van der Waals surface area contributed by atoms with Gasteiger partial charge in [0.1, 0.15) is 11.3 Å². The SMILES string of the molecule is O=C(COC(=O)COc1ccc2ccc(=O)oc2c1)Nc1ccccc1Sc1ccccc1. The summed E-state index contributed by atoms with van der Waals surface area (Å²) in [4.78, 5) is 37.5. The van der Waals surface area contributed by atoms with E-state index < -0.39 is 30.7 Å². The van der Waals surface area contributed by atoms with E-state index in [-0.39, 0.29) is 0 Å². The van der Waals surface area contributed by atoms with Crippen LogP contribution in [0.3, 0.4) is 0 Å². The molecule has 0 aliphatic rings. The molecule has 0 unspecified atom stereocenters.